The Labute approximate surface area is 48.2 Å². The lowest BCUT2D eigenvalue weighted by Gasteiger charge is -2.02. The molecule has 0 fully saturated rings. The highest BCUT2D eigenvalue weighted by Gasteiger charge is 2.20. The topological polar surface area (TPSA) is 58.6 Å². The molecule has 0 bridgehead atoms. The van der Waals surface area contributed by atoms with E-state index in [4.69, 9.17) is 10.8 Å². The van der Waals surface area contributed by atoms with Crippen LogP contribution in [0.1, 0.15) is 13.3 Å². The van der Waals surface area contributed by atoms with Gasteiger partial charge in [-0.3, -0.25) is 4.99 Å². The van der Waals surface area contributed by atoms with Gasteiger partial charge in [0.1, 0.15) is 0 Å². The summed E-state index contributed by atoms with van der Waals surface area (Å²) < 4.78 is 0. The average molecular weight is 114 g/mol. The zero-order valence-corrected chi connectivity index (χ0v) is 4.83. The molecule has 0 aromatic heterocycles. The summed E-state index contributed by atoms with van der Waals surface area (Å²) in [4.78, 5) is 3.82. The molecule has 3 nitrogen and oxygen atoms in total. The largest absolute Gasteiger partial charge is 0.370 e. The van der Waals surface area contributed by atoms with Crippen molar-refractivity contribution in [3.8, 4) is 0 Å². The molecule has 0 radical (unpaired) electrons. The zero-order valence-electron chi connectivity index (χ0n) is 4.83. The molecule has 1 aliphatic heterocycles. The van der Waals surface area contributed by atoms with Crippen LogP contribution in [0.25, 0.3) is 0 Å². The van der Waals surface area contributed by atoms with Gasteiger partial charge in [-0.2, -0.15) is 0 Å². The molecule has 1 heterocycles. The first-order chi connectivity index (χ1) is 3.70. The Kier molecular flexibility index (Phi) is 1.31. The van der Waals surface area contributed by atoms with Gasteiger partial charge in [0.2, 0.25) is 0 Å². The lowest BCUT2D eigenvalue weighted by Crippen LogP contribution is -2.29. The van der Waals surface area contributed by atoms with E-state index in [2.05, 4.69) is 4.99 Å². The fourth-order valence-electron chi connectivity index (χ4n) is 0.821. The second-order valence-corrected chi connectivity index (χ2v) is 2.15. The Morgan fingerprint density at radius 3 is 2.62 bits per heavy atom. The number of aliphatic hydroxyl groups is 1. The highest BCUT2D eigenvalue weighted by atomic mass is 16.3. The quantitative estimate of drug-likeness (QED) is 0.446. The molecule has 0 amide bonds. The number of hydrogen-bond acceptors (Lipinski definition) is 3. The summed E-state index contributed by atoms with van der Waals surface area (Å²) in [6.45, 7) is 1.87. The van der Waals surface area contributed by atoms with E-state index in [0.717, 1.165) is 12.1 Å². The Hall–Kier alpha value is -0.410. The fourth-order valence-corrected chi connectivity index (χ4v) is 0.821. The molecular formula is C5H10N2O. The molecule has 8 heavy (non-hydrogen) atoms. The minimum atomic E-state index is -0.644. The molecule has 0 aliphatic carbocycles. The van der Waals surface area contributed by atoms with E-state index in [-0.39, 0.29) is 6.04 Å². The summed E-state index contributed by atoms with van der Waals surface area (Å²) in [6.07, 6.45) is 0.0937. The van der Waals surface area contributed by atoms with Gasteiger partial charge in [-0.1, -0.05) is 0 Å². The first-order valence-corrected chi connectivity index (χ1v) is 2.67. The van der Waals surface area contributed by atoms with E-state index >= 15 is 0 Å². The second-order valence-electron chi connectivity index (χ2n) is 2.15. The molecule has 3 heteroatoms. The zero-order chi connectivity index (χ0) is 6.15. The standard InChI is InChI=1S/C5H10N2O/c1-3-2-4(6)5(8)7-3/h4-5,8H,2,6H2,1H3. The molecule has 1 aliphatic rings. The van der Waals surface area contributed by atoms with Gasteiger partial charge in [0.25, 0.3) is 0 Å². The van der Waals surface area contributed by atoms with E-state index in [1.165, 1.54) is 0 Å². The lowest BCUT2D eigenvalue weighted by molar-refractivity contribution is 0.167. The average Bonchev–Trinajstić information content (AvgIpc) is 1.85. The van der Waals surface area contributed by atoms with Crippen LogP contribution in [-0.2, 0) is 0 Å². The maximum atomic E-state index is 8.86. The van der Waals surface area contributed by atoms with Crippen LogP contribution in [0, 0.1) is 0 Å². The van der Waals surface area contributed by atoms with Crippen molar-refractivity contribution in [3.05, 3.63) is 0 Å². The monoisotopic (exact) mass is 114 g/mol. The molecule has 0 aromatic rings. The second kappa shape index (κ2) is 1.84. The number of nitrogens with two attached hydrogens (primary N) is 1. The summed E-state index contributed by atoms with van der Waals surface area (Å²) >= 11 is 0. The van der Waals surface area contributed by atoms with Crippen LogP contribution in [0.5, 0.6) is 0 Å². The van der Waals surface area contributed by atoms with E-state index in [1.54, 1.807) is 0 Å². The Morgan fingerprint density at radius 2 is 2.50 bits per heavy atom. The Morgan fingerprint density at radius 1 is 1.88 bits per heavy atom. The fraction of sp³-hybridized carbons (Fsp3) is 0.800. The predicted molar refractivity (Wildman–Crippen MR) is 31.7 cm³/mol. The van der Waals surface area contributed by atoms with Crippen LogP contribution in [0.15, 0.2) is 4.99 Å². The van der Waals surface area contributed by atoms with Gasteiger partial charge < -0.3 is 10.8 Å². The minimum Gasteiger partial charge on any atom is -0.370 e. The first kappa shape index (κ1) is 5.72. The van der Waals surface area contributed by atoms with Gasteiger partial charge in [-0.25, -0.2) is 0 Å². The van der Waals surface area contributed by atoms with E-state index < -0.39 is 6.23 Å². The van der Waals surface area contributed by atoms with Crippen molar-refractivity contribution in [3.63, 3.8) is 0 Å². The molecule has 2 unspecified atom stereocenters. The van der Waals surface area contributed by atoms with Crippen molar-refractivity contribution in [1.29, 1.82) is 0 Å². The summed E-state index contributed by atoms with van der Waals surface area (Å²) in [7, 11) is 0. The summed E-state index contributed by atoms with van der Waals surface area (Å²) in [5, 5.41) is 8.86. The smallest absolute Gasteiger partial charge is 0.160 e. The van der Waals surface area contributed by atoms with Gasteiger partial charge in [-0.15, -0.1) is 0 Å². The molecule has 3 N–H and O–H groups in total. The number of hydrogen-bond donors (Lipinski definition) is 2. The third kappa shape index (κ3) is 0.877. The van der Waals surface area contributed by atoms with E-state index in [9.17, 15) is 0 Å². The summed E-state index contributed by atoms with van der Waals surface area (Å²) in [6, 6.07) is -0.157. The van der Waals surface area contributed by atoms with Gasteiger partial charge in [0, 0.05) is 12.1 Å². The number of aliphatic hydroxyl groups excluding tert-OH is 1. The maximum absolute atomic E-state index is 8.86. The Balaban J connectivity index is 2.56. The molecule has 1 rings (SSSR count). The highest BCUT2D eigenvalue weighted by Crippen LogP contribution is 2.08. The van der Waals surface area contributed by atoms with Crippen molar-refractivity contribution in [2.75, 3.05) is 0 Å². The molecule has 0 saturated heterocycles. The molecule has 46 valence electrons. The molecule has 0 saturated carbocycles. The SMILES string of the molecule is CC1=NC(O)C(N)C1. The van der Waals surface area contributed by atoms with Crippen LogP contribution < -0.4 is 5.73 Å². The number of rotatable bonds is 0. The van der Waals surface area contributed by atoms with E-state index in [1.807, 2.05) is 6.92 Å². The lowest BCUT2D eigenvalue weighted by atomic mass is 10.2. The third-order valence-electron chi connectivity index (χ3n) is 1.27. The normalized spacial score (nSPS) is 37.6. The van der Waals surface area contributed by atoms with Crippen molar-refractivity contribution in [2.45, 2.75) is 25.6 Å². The third-order valence-corrected chi connectivity index (χ3v) is 1.27. The summed E-state index contributed by atoms with van der Waals surface area (Å²) in [5.74, 6) is 0. The minimum absolute atomic E-state index is 0.157. The van der Waals surface area contributed by atoms with Crippen LogP contribution in [0.4, 0.5) is 0 Å². The van der Waals surface area contributed by atoms with Crippen molar-refractivity contribution in [1.82, 2.24) is 0 Å². The maximum Gasteiger partial charge on any atom is 0.160 e. The van der Waals surface area contributed by atoms with Crippen molar-refractivity contribution in [2.24, 2.45) is 10.7 Å². The molecule has 2 atom stereocenters. The molecule has 0 spiro atoms. The number of aliphatic imine (C=N–C) groups is 1. The molecule has 0 aromatic carbocycles. The van der Waals surface area contributed by atoms with Crippen molar-refractivity contribution >= 4 is 5.71 Å². The van der Waals surface area contributed by atoms with Gasteiger partial charge in [0.05, 0.1) is 6.04 Å². The van der Waals surface area contributed by atoms with E-state index in [0.29, 0.717) is 0 Å². The van der Waals surface area contributed by atoms with Crippen LogP contribution >= 0.6 is 0 Å². The first-order valence-electron chi connectivity index (χ1n) is 2.67. The molecular weight excluding hydrogens is 104 g/mol. The summed E-state index contributed by atoms with van der Waals surface area (Å²) in [5.41, 5.74) is 6.35. The highest BCUT2D eigenvalue weighted by molar-refractivity contribution is 5.84. The van der Waals surface area contributed by atoms with Crippen molar-refractivity contribution < 1.29 is 5.11 Å². The van der Waals surface area contributed by atoms with Gasteiger partial charge >= 0.3 is 0 Å². The van der Waals surface area contributed by atoms with Crippen LogP contribution in [-0.4, -0.2) is 23.1 Å². The predicted octanol–water partition coefficient (Wildman–Crippen LogP) is -0.503. The Bertz CT molecular complexity index is 122. The number of nitrogens with zero attached hydrogens (tertiary/aromatic N) is 1. The van der Waals surface area contributed by atoms with Crippen LogP contribution in [0.3, 0.4) is 0 Å². The van der Waals surface area contributed by atoms with Gasteiger partial charge in [-0.05, 0) is 6.92 Å². The van der Waals surface area contributed by atoms with Gasteiger partial charge in [0.15, 0.2) is 6.23 Å². The van der Waals surface area contributed by atoms with Crippen LogP contribution in [0.2, 0.25) is 0 Å².